The maximum Gasteiger partial charge on any atom is 0.263 e. The highest BCUT2D eigenvalue weighted by Crippen LogP contribution is 2.53. The van der Waals surface area contributed by atoms with Crippen LogP contribution in [0.15, 0.2) is 108 Å². The van der Waals surface area contributed by atoms with E-state index in [9.17, 15) is 4.79 Å². The molecule has 1 aromatic heterocycles. The van der Waals surface area contributed by atoms with Crippen molar-refractivity contribution in [3.8, 4) is 27.9 Å². The van der Waals surface area contributed by atoms with Crippen LogP contribution in [0.25, 0.3) is 49.6 Å². The minimum absolute atomic E-state index is 0.0274. The van der Waals surface area contributed by atoms with Crippen molar-refractivity contribution < 1.29 is 0 Å². The Morgan fingerprint density at radius 1 is 0.538 bits per heavy atom. The van der Waals surface area contributed by atoms with Crippen molar-refractivity contribution in [2.24, 2.45) is 0 Å². The maximum atomic E-state index is 14.3. The second-order valence-electron chi connectivity index (χ2n) is 12.1. The number of hydrogen-bond acceptors (Lipinski definition) is 1. The Labute approximate surface area is 228 Å². The number of nitrogens with zero attached hydrogens (tertiary/aromatic N) is 1. The molecule has 0 radical (unpaired) electrons. The highest BCUT2D eigenvalue weighted by atomic mass is 16.1. The van der Waals surface area contributed by atoms with Crippen LogP contribution >= 0.6 is 0 Å². The third-order valence-electron chi connectivity index (χ3n) is 9.40. The van der Waals surface area contributed by atoms with Crippen molar-refractivity contribution >= 4 is 21.7 Å². The lowest BCUT2D eigenvalue weighted by molar-refractivity contribution is 0.659. The van der Waals surface area contributed by atoms with Crippen molar-refractivity contribution in [1.82, 2.24) is 4.57 Å². The fourth-order valence-corrected chi connectivity index (χ4v) is 7.53. The molecule has 0 N–H and O–H groups in total. The quantitative estimate of drug-likeness (QED) is 0.206. The Balaban J connectivity index is 1.49. The Morgan fingerprint density at radius 2 is 1.10 bits per heavy atom. The first-order valence-corrected chi connectivity index (χ1v) is 13.8. The number of rotatable bonds is 1. The van der Waals surface area contributed by atoms with Crippen molar-refractivity contribution in [1.29, 1.82) is 0 Å². The molecule has 0 spiro atoms. The third kappa shape index (κ3) is 2.74. The molecule has 1 heterocycles. The first-order chi connectivity index (χ1) is 18.8. The van der Waals surface area contributed by atoms with Gasteiger partial charge in [0.05, 0.1) is 5.52 Å². The van der Waals surface area contributed by atoms with E-state index < -0.39 is 0 Å². The van der Waals surface area contributed by atoms with Crippen LogP contribution in [0.3, 0.4) is 0 Å². The van der Waals surface area contributed by atoms with Gasteiger partial charge in [0.25, 0.3) is 5.56 Å². The summed E-state index contributed by atoms with van der Waals surface area (Å²) >= 11 is 0. The molecule has 2 nitrogen and oxygen atoms in total. The van der Waals surface area contributed by atoms with Crippen LogP contribution in [0.4, 0.5) is 0 Å². The van der Waals surface area contributed by atoms with Crippen LogP contribution in [0.2, 0.25) is 0 Å². The zero-order valence-corrected chi connectivity index (χ0v) is 22.7. The highest BCUT2D eigenvalue weighted by molar-refractivity contribution is 6.12. The molecule has 0 unspecified atom stereocenters. The first kappa shape index (κ1) is 22.5. The molecule has 0 fully saturated rings. The van der Waals surface area contributed by atoms with Crippen LogP contribution in [0.1, 0.15) is 49.9 Å². The van der Waals surface area contributed by atoms with Crippen molar-refractivity contribution in [3.63, 3.8) is 0 Å². The van der Waals surface area contributed by atoms with Gasteiger partial charge >= 0.3 is 0 Å². The summed E-state index contributed by atoms with van der Waals surface area (Å²) in [5.74, 6) is 0. The van der Waals surface area contributed by atoms with Crippen molar-refractivity contribution in [3.05, 3.63) is 136 Å². The molecule has 39 heavy (non-hydrogen) atoms. The van der Waals surface area contributed by atoms with E-state index >= 15 is 0 Å². The topological polar surface area (TPSA) is 22.0 Å². The standard InChI is InChI=1S/C37H29NO/c1-36(2)29-15-9-7-11-23(29)25-18-17-22(21-31(25)36)38-32-20-19-27-24-12-8-10-16-30(24)37(3,4)34(27)33(32)26-13-5-6-14-28(26)35(38)39/h5-21H,1-4H3. The Kier molecular flexibility index (Phi) is 4.25. The third-order valence-corrected chi connectivity index (χ3v) is 9.40. The molecule has 0 saturated carbocycles. The van der Waals surface area contributed by atoms with Crippen LogP contribution in [0.5, 0.6) is 0 Å². The summed E-state index contributed by atoms with van der Waals surface area (Å²) in [5, 5.41) is 2.96. The number of aromatic nitrogens is 1. The summed E-state index contributed by atoms with van der Waals surface area (Å²) < 4.78 is 1.95. The van der Waals surface area contributed by atoms with Crippen molar-refractivity contribution in [2.75, 3.05) is 0 Å². The van der Waals surface area contributed by atoms with E-state index in [1.54, 1.807) is 0 Å². The van der Waals surface area contributed by atoms with Gasteiger partial charge in [-0.3, -0.25) is 9.36 Å². The minimum Gasteiger partial charge on any atom is -0.276 e. The van der Waals surface area contributed by atoms with E-state index in [1.165, 1.54) is 49.9 Å². The van der Waals surface area contributed by atoms with Crippen LogP contribution in [-0.2, 0) is 10.8 Å². The zero-order valence-electron chi connectivity index (χ0n) is 22.7. The predicted octanol–water partition coefficient (Wildman–Crippen LogP) is 8.76. The molecule has 188 valence electrons. The Hall–Kier alpha value is -4.43. The molecule has 0 saturated heterocycles. The van der Waals surface area contributed by atoms with E-state index in [-0.39, 0.29) is 16.4 Å². The van der Waals surface area contributed by atoms with E-state index in [2.05, 4.69) is 119 Å². The van der Waals surface area contributed by atoms with Gasteiger partial charge in [-0.2, -0.15) is 0 Å². The number of fused-ring (bicyclic) bond motifs is 10. The summed E-state index contributed by atoms with van der Waals surface area (Å²) in [6.07, 6.45) is 0. The Morgan fingerprint density at radius 3 is 1.85 bits per heavy atom. The van der Waals surface area contributed by atoms with Gasteiger partial charge in [0, 0.05) is 27.3 Å². The molecule has 5 aromatic carbocycles. The molecule has 0 aliphatic heterocycles. The van der Waals surface area contributed by atoms with Gasteiger partial charge in [0.1, 0.15) is 0 Å². The molecule has 0 atom stereocenters. The zero-order chi connectivity index (χ0) is 26.7. The van der Waals surface area contributed by atoms with E-state index in [4.69, 9.17) is 0 Å². The summed E-state index contributed by atoms with van der Waals surface area (Å²) in [7, 11) is 0. The molecular weight excluding hydrogens is 474 g/mol. The highest BCUT2D eigenvalue weighted by Gasteiger charge is 2.38. The molecule has 2 aliphatic carbocycles. The average molecular weight is 504 g/mol. The van der Waals surface area contributed by atoms with E-state index in [1.807, 2.05) is 16.7 Å². The minimum atomic E-state index is -0.183. The van der Waals surface area contributed by atoms with Gasteiger partial charge in [-0.15, -0.1) is 0 Å². The van der Waals surface area contributed by atoms with E-state index in [0.29, 0.717) is 0 Å². The molecule has 2 heteroatoms. The predicted molar refractivity (Wildman–Crippen MR) is 162 cm³/mol. The van der Waals surface area contributed by atoms with Gasteiger partial charge in [0.15, 0.2) is 0 Å². The van der Waals surface area contributed by atoms with Gasteiger partial charge in [0.2, 0.25) is 0 Å². The smallest absolute Gasteiger partial charge is 0.263 e. The summed E-state index contributed by atoms with van der Waals surface area (Å²) in [5.41, 5.74) is 11.9. The Bertz CT molecular complexity index is 2090. The summed E-state index contributed by atoms with van der Waals surface area (Å²) in [4.78, 5) is 14.3. The lowest BCUT2D eigenvalue weighted by Crippen LogP contribution is -2.22. The fraction of sp³-hybridized carbons (Fsp3) is 0.162. The molecule has 0 amide bonds. The number of pyridine rings is 1. The lowest BCUT2D eigenvalue weighted by atomic mass is 9.80. The van der Waals surface area contributed by atoms with Gasteiger partial charge < -0.3 is 0 Å². The molecule has 8 rings (SSSR count). The summed E-state index contributed by atoms with van der Waals surface area (Å²) in [6, 6.07) is 36.5. The van der Waals surface area contributed by atoms with Crippen LogP contribution in [-0.4, -0.2) is 4.57 Å². The molecule has 0 bridgehead atoms. The number of hydrogen-bond donors (Lipinski definition) is 0. The molecular formula is C37H29NO. The SMILES string of the molecule is CC1(C)c2ccccc2-c2ccc(-n3c(=O)c4ccccc4c4c5c(ccc43)-c3ccccc3C5(C)C)cc21. The second-order valence-corrected chi connectivity index (χ2v) is 12.1. The first-order valence-electron chi connectivity index (χ1n) is 13.8. The molecule has 2 aliphatic rings. The summed E-state index contributed by atoms with van der Waals surface area (Å²) in [6.45, 7) is 9.21. The van der Waals surface area contributed by atoms with E-state index in [0.717, 1.165) is 22.0 Å². The lowest BCUT2D eigenvalue weighted by Gasteiger charge is -2.25. The maximum absolute atomic E-state index is 14.3. The average Bonchev–Trinajstić information content (AvgIpc) is 3.33. The largest absolute Gasteiger partial charge is 0.276 e. The molecule has 6 aromatic rings. The van der Waals surface area contributed by atoms with Crippen LogP contribution in [0, 0.1) is 0 Å². The van der Waals surface area contributed by atoms with Gasteiger partial charge in [-0.1, -0.05) is 107 Å². The monoisotopic (exact) mass is 503 g/mol. The second kappa shape index (κ2) is 7.36. The fourth-order valence-electron chi connectivity index (χ4n) is 7.53. The van der Waals surface area contributed by atoms with Crippen molar-refractivity contribution in [2.45, 2.75) is 38.5 Å². The van der Waals surface area contributed by atoms with Crippen LogP contribution < -0.4 is 5.56 Å². The number of benzene rings is 5. The van der Waals surface area contributed by atoms with Gasteiger partial charge in [-0.25, -0.2) is 0 Å². The van der Waals surface area contributed by atoms with Gasteiger partial charge in [-0.05, 0) is 74.2 Å². The normalized spacial score (nSPS) is 15.7.